The van der Waals surface area contributed by atoms with Crippen LogP contribution in [0, 0.1) is 6.92 Å². The predicted octanol–water partition coefficient (Wildman–Crippen LogP) is 6.19. The minimum absolute atomic E-state index is 0.0819. The van der Waals surface area contributed by atoms with Gasteiger partial charge in [0.1, 0.15) is 0 Å². The molecule has 0 aliphatic carbocycles. The molecule has 1 unspecified atom stereocenters. The van der Waals surface area contributed by atoms with E-state index in [1.807, 2.05) is 38.1 Å². The van der Waals surface area contributed by atoms with Crippen molar-refractivity contribution >= 4 is 51.8 Å². The summed E-state index contributed by atoms with van der Waals surface area (Å²) in [4.78, 5) is 0. The summed E-state index contributed by atoms with van der Waals surface area (Å²) < 4.78 is 1.42. The van der Waals surface area contributed by atoms with Crippen LogP contribution in [0.3, 0.4) is 0 Å². The van der Waals surface area contributed by atoms with E-state index in [9.17, 15) is 0 Å². The van der Waals surface area contributed by atoms with Gasteiger partial charge in [0.25, 0.3) is 0 Å². The van der Waals surface area contributed by atoms with Crippen molar-refractivity contribution < 1.29 is 0 Å². The van der Waals surface area contributed by atoms with Gasteiger partial charge in [0, 0.05) is 16.3 Å². The van der Waals surface area contributed by atoms with E-state index in [0.717, 1.165) is 21.2 Å². The minimum atomic E-state index is 0.0819. The van der Waals surface area contributed by atoms with Gasteiger partial charge in [-0.25, -0.2) is 0 Å². The molecule has 0 spiro atoms. The molecule has 96 valence electrons. The second kappa shape index (κ2) is 5.70. The van der Waals surface area contributed by atoms with Crippen LogP contribution in [0.15, 0.2) is 24.3 Å². The van der Waals surface area contributed by atoms with E-state index in [2.05, 4.69) is 5.32 Å². The monoisotopic (exact) mass is 319 g/mol. The molecule has 5 heteroatoms. The Balaban J connectivity index is 2.23. The van der Waals surface area contributed by atoms with Gasteiger partial charge in [-0.15, -0.1) is 11.3 Å². The fraction of sp³-hybridized carbons (Fsp3) is 0.231. The second-order valence-corrected chi connectivity index (χ2v) is 6.83. The molecule has 18 heavy (non-hydrogen) atoms. The van der Waals surface area contributed by atoms with Crippen LogP contribution in [0.2, 0.25) is 13.7 Å². The van der Waals surface area contributed by atoms with Crippen LogP contribution in [0.25, 0.3) is 0 Å². The van der Waals surface area contributed by atoms with E-state index >= 15 is 0 Å². The zero-order valence-corrected chi connectivity index (χ0v) is 13.0. The Morgan fingerprint density at radius 2 is 1.89 bits per heavy atom. The van der Waals surface area contributed by atoms with Gasteiger partial charge in [0.15, 0.2) is 0 Å². The van der Waals surface area contributed by atoms with Gasteiger partial charge in [-0.05, 0) is 37.6 Å². The van der Waals surface area contributed by atoms with Gasteiger partial charge in [-0.3, -0.25) is 0 Å². The van der Waals surface area contributed by atoms with Crippen LogP contribution in [0.1, 0.15) is 24.1 Å². The van der Waals surface area contributed by atoms with Crippen molar-refractivity contribution in [3.05, 3.63) is 49.1 Å². The van der Waals surface area contributed by atoms with Crippen molar-refractivity contribution in [2.45, 2.75) is 19.9 Å². The molecule has 1 nitrogen and oxygen atoms in total. The maximum absolute atomic E-state index is 6.15. The van der Waals surface area contributed by atoms with Crippen LogP contribution < -0.4 is 5.32 Å². The Bertz CT molecular complexity index is 565. The number of rotatable bonds is 3. The Morgan fingerprint density at radius 1 is 1.17 bits per heavy atom. The van der Waals surface area contributed by atoms with Crippen LogP contribution in [-0.4, -0.2) is 0 Å². The first kappa shape index (κ1) is 14.0. The van der Waals surface area contributed by atoms with Crippen molar-refractivity contribution in [3.8, 4) is 0 Å². The third-order valence-corrected chi connectivity index (χ3v) is 4.47. The number of nitrogens with one attached hydrogen (secondary N) is 1. The fourth-order valence-corrected chi connectivity index (χ4v) is 3.53. The average Bonchev–Trinajstić information content (AvgIpc) is 2.63. The topological polar surface area (TPSA) is 12.0 Å². The molecule has 1 aromatic carbocycles. The largest absolute Gasteiger partial charge is 0.378 e. The van der Waals surface area contributed by atoms with Gasteiger partial charge in [-0.1, -0.05) is 40.9 Å². The molecule has 0 radical (unpaired) electrons. The highest BCUT2D eigenvalue weighted by atomic mass is 35.5. The van der Waals surface area contributed by atoms with E-state index in [1.165, 1.54) is 11.3 Å². The summed E-state index contributed by atoms with van der Waals surface area (Å²) in [6, 6.07) is 7.75. The van der Waals surface area contributed by atoms with Crippen molar-refractivity contribution in [1.82, 2.24) is 0 Å². The Labute approximate surface area is 126 Å². The van der Waals surface area contributed by atoms with Gasteiger partial charge < -0.3 is 5.32 Å². The van der Waals surface area contributed by atoms with Gasteiger partial charge in [0.05, 0.1) is 14.7 Å². The maximum Gasteiger partial charge on any atom is 0.0996 e. The molecular formula is C13H12Cl3NS. The molecule has 1 aromatic heterocycles. The predicted molar refractivity (Wildman–Crippen MR) is 82.6 cm³/mol. The highest BCUT2D eigenvalue weighted by molar-refractivity contribution is 7.20. The summed E-state index contributed by atoms with van der Waals surface area (Å²) in [5, 5.41) is 4.11. The number of benzene rings is 1. The molecule has 0 saturated carbocycles. The highest BCUT2D eigenvalue weighted by Crippen LogP contribution is 2.36. The molecule has 2 rings (SSSR count). The summed E-state index contributed by atoms with van der Waals surface area (Å²) in [5.74, 6) is 0. The molecule has 0 aliphatic rings. The first-order valence-corrected chi connectivity index (χ1v) is 7.40. The second-order valence-electron chi connectivity index (χ2n) is 4.10. The Morgan fingerprint density at radius 3 is 2.50 bits per heavy atom. The molecule has 0 saturated heterocycles. The first-order valence-electron chi connectivity index (χ1n) is 5.45. The van der Waals surface area contributed by atoms with Crippen LogP contribution in [0.4, 0.5) is 5.69 Å². The Hall–Kier alpha value is -0.410. The molecule has 1 heterocycles. The first-order chi connectivity index (χ1) is 8.47. The van der Waals surface area contributed by atoms with Crippen molar-refractivity contribution in [1.29, 1.82) is 0 Å². The lowest BCUT2D eigenvalue weighted by Gasteiger charge is -2.17. The third kappa shape index (κ3) is 3.12. The molecule has 0 fully saturated rings. The smallest absolute Gasteiger partial charge is 0.0996 e. The van der Waals surface area contributed by atoms with E-state index in [-0.39, 0.29) is 6.04 Å². The van der Waals surface area contributed by atoms with Gasteiger partial charge >= 0.3 is 0 Å². The van der Waals surface area contributed by atoms with Crippen molar-refractivity contribution in [2.24, 2.45) is 0 Å². The molecule has 0 amide bonds. The van der Waals surface area contributed by atoms with E-state index in [4.69, 9.17) is 34.8 Å². The normalized spacial score (nSPS) is 12.5. The lowest BCUT2D eigenvalue weighted by Crippen LogP contribution is -2.07. The summed E-state index contributed by atoms with van der Waals surface area (Å²) in [6.07, 6.45) is 0. The zero-order valence-electron chi connectivity index (χ0n) is 9.93. The number of hydrogen-bond donors (Lipinski definition) is 1. The molecule has 0 bridgehead atoms. The summed E-state index contributed by atoms with van der Waals surface area (Å²) in [5.41, 5.74) is 3.16. The molecule has 0 aliphatic heterocycles. The van der Waals surface area contributed by atoms with E-state index < -0.39 is 0 Å². The maximum atomic E-state index is 6.15. The fourth-order valence-electron chi connectivity index (χ4n) is 1.71. The van der Waals surface area contributed by atoms with Crippen molar-refractivity contribution in [3.63, 3.8) is 0 Å². The number of aryl methyl sites for hydroxylation is 1. The summed E-state index contributed by atoms with van der Waals surface area (Å²) in [7, 11) is 0. The molecule has 1 N–H and O–H groups in total. The number of hydrogen-bond acceptors (Lipinski definition) is 2. The lowest BCUT2D eigenvalue weighted by atomic mass is 10.1. The van der Waals surface area contributed by atoms with E-state index in [1.54, 1.807) is 0 Å². The minimum Gasteiger partial charge on any atom is -0.378 e. The lowest BCUT2D eigenvalue weighted by molar-refractivity contribution is 0.888. The SMILES string of the molecule is Cc1ccc(Cl)cc1NC(C)c1cc(Cl)sc1Cl. The number of halogens is 3. The summed E-state index contributed by atoms with van der Waals surface area (Å²) >= 11 is 19.5. The summed E-state index contributed by atoms with van der Waals surface area (Å²) in [6.45, 7) is 4.08. The number of thiophene rings is 1. The average molecular weight is 321 g/mol. The van der Waals surface area contributed by atoms with Crippen molar-refractivity contribution in [2.75, 3.05) is 5.32 Å². The molecular weight excluding hydrogens is 309 g/mol. The zero-order chi connectivity index (χ0) is 13.3. The highest BCUT2D eigenvalue weighted by Gasteiger charge is 2.14. The standard InChI is InChI=1S/C13H12Cl3NS/c1-7-3-4-9(14)5-11(7)17-8(2)10-6-12(15)18-13(10)16/h3-6,8,17H,1-2H3. The van der Waals surface area contributed by atoms with E-state index in [0.29, 0.717) is 9.36 Å². The van der Waals surface area contributed by atoms with Crippen LogP contribution >= 0.6 is 46.1 Å². The van der Waals surface area contributed by atoms with Gasteiger partial charge in [-0.2, -0.15) is 0 Å². The van der Waals surface area contributed by atoms with Crippen LogP contribution in [0.5, 0.6) is 0 Å². The Kier molecular flexibility index (Phi) is 4.44. The molecule has 2 aromatic rings. The third-order valence-electron chi connectivity index (χ3n) is 2.72. The van der Waals surface area contributed by atoms with Crippen LogP contribution in [-0.2, 0) is 0 Å². The molecule has 1 atom stereocenters. The van der Waals surface area contributed by atoms with Gasteiger partial charge in [0.2, 0.25) is 0 Å². The number of anilines is 1. The quantitative estimate of drug-likeness (QED) is 0.711.